The number of aliphatic hydroxyl groups excluding tert-OH is 1. The summed E-state index contributed by atoms with van der Waals surface area (Å²) in [6.07, 6.45) is 4.31. The summed E-state index contributed by atoms with van der Waals surface area (Å²) in [6, 6.07) is 0. The smallest absolute Gasteiger partial charge is 0.280 e. The van der Waals surface area contributed by atoms with E-state index < -0.39 is 0 Å². The molecule has 0 bridgehead atoms. The Morgan fingerprint density at radius 1 is 1.74 bits per heavy atom. The second-order valence-electron chi connectivity index (χ2n) is 5.02. The highest BCUT2D eigenvalue weighted by atomic mass is 16.3. The van der Waals surface area contributed by atoms with Crippen LogP contribution in [0.3, 0.4) is 0 Å². The average Bonchev–Trinajstić information content (AvgIpc) is 2.95. The molecule has 7 heteroatoms. The number of nitrogens with zero attached hydrogens (tertiary/aromatic N) is 3. The summed E-state index contributed by atoms with van der Waals surface area (Å²) in [6.45, 7) is 4.56. The molecular weight excluding hydrogens is 246 g/mol. The third-order valence-corrected chi connectivity index (χ3v) is 3.86. The van der Waals surface area contributed by atoms with Gasteiger partial charge >= 0.3 is 0 Å². The first kappa shape index (κ1) is 11.9. The van der Waals surface area contributed by atoms with Gasteiger partial charge in [0.1, 0.15) is 0 Å². The van der Waals surface area contributed by atoms with Crippen molar-refractivity contribution >= 4 is 17.1 Å². The van der Waals surface area contributed by atoms with E-state index in [0.29, 0.717) is 12.2 Å². The number of imidazole rings is 1. The number of hydrogen-bond donors (Lipinski definition) is 3. The van der Waals surface area contributed by atoms with Gasteiger partial charge < -0.3 is 15.4 Å². The van der Waals surface area contributed by atoms with E-state index in [9.17, 15) is 9.90 Å². The largest absolute Gasteiger partial charge is 0.396 e. The molecule has 2 aromatic rings. The molecule has 100 valence electrons. The van der Waals surface area contributed by atoms with Gasteiger partial charge in [0.25, 0.3) is 5.56 Å². The maximum Gasteiger partial charge on any atom is 0.280 e. The first-order valence-corrected chi connectivity index (χ1v) is 6.05. The van der Waals surface area contributed by atoms with Gasteiger partial charge in [0.05, 0.1) is 6.33 Å². The van der Waals surface area contributed by atoms with Crippen LogP contribution >= 0.6 is 0 Å². The van der Waals surface area contributed by atoms with E-state index >= 15 is 0 Å². The zero-order valence-electron chi connectivity index (χ0n) is 10.3. The fourth-order valence-corrected chi connectivity index (χ4v) is 2.56. The second-order valence-corrected chi connectivity index (χ2v) is 5.02. The van der Waals surface area contributed by atoms with Crippen molar-refractivity contribution in [3.8, 4) is 0 Å². The Bertz CT molecular complexity index is 704. The number of rotatable bonds is 4. The lowest BCUT2D eigenvalue weighted by molar-refractivity contribution is 0.254. The fourth-order valence-electron chi connectivity index (χ4n) is 2.56. The quantitative estimate of drug-likeness (QED) is 0.665. The van der Waals surface area contributed by atoms with Gasteiger partial charge in [-0.1, -0.05) is 6.08 Å². The molecule has 2 atom stereocenters. The number of fused-ring (bicyclic) bond motifs is 1. The van der Waals surface area contributed by atoms with Crippen LogP contribution in [0.2, 0.25) is 0 Å². The Morgan fingerprint density at radius 3 is 3.16 bits per heavy atom. The Hall–Kier alpha value is -2.15. The number of hydrogen-bond acceptors (Lipinski definition) is 5. The molecule has 1 aliphatic rings. The van der Waals surface area contributed by atoms with E-state index in [1.807, 2.05) is 6.08 Å². The lowest BCUT2D eigenvalue weighted by atomic mass is 10.0. The standard InChI is InChI=1S/C12H15N5O2/c1-2-12(3-7(12)4-18)5-17-6-14-8-9(17)15-11(13)16-10(8)19/h2,6-7,18H,1,3-5H2,(H3,13,15,16,19)/t7-,12-/m1/s1. The summed E-state index contributed by atoms with van der Waals surface area (Å²) in [5.41, 5.74) is 5.81. The molecule has 0 amide bonds. The fraction of sp³-hybridized carbons (Fsp3) is 0.417. The van der Waals surface area contributed by atoms with Crippen LogP contribution in [0.5, 0.6) is 0 Å². The van der Waals surface area contributed by atoms with E-state index in [2.05, 4.69) is 21.5 Å². The minimum Gasteiger partial charge on any atom is -0.396 e. The monoisotopic (exact) mass is 261 g/mol. The lowest BCUT2D eigenvalue weighted by Gasteiger charge is -2.13. The Morgan fingerprint density at radius 2 is 2.53 bits per heavy atom. The van der Waals surface area contributed by atoms with E-state index in [0.717, 1.165) is 6.42 Å². The van der Waals surface area contributed by atoms with Crippen molar-refractivity contribution in [2.24, 2.45) is 11.3 Å². The molecule has 2 heterocycles. The minimum absolute atomic E-state index is 0.0707. The number of allylic oxidation sites excluding steroid dienone is 1. The maximum atomic E-state index is 11.7. The van der Waals surface area contributed by atoms with E-state index in [1.165, 1.54) is 0 Å². The molecule has 19 heavy (non-hydrogen) atoms. The van der Waals surface area contributed by atoms with Crippen LogP contribution in [0.4, 0.5) is 5.95 Å². The normalized spacial score (nSPS) is 25.6. The van der Waals surface area contributed by atoms with Gasteiger partial charge in [0.2, 0.25) is 5.95 Å². The van der Waals surface area contributed by atoms with Gasteiger partial charge in [0.15, 0.2) is 11.2 Å². The molecule has 0 radical (unpaired) electrons. The summed E-state index contributed by atoms with van der Waals surface area (Å²) < 4.78 is 1.79. The number of nitrogens with one attached hydrogen (secondary N) is 1. The number of nitrogen functional groups attached to an aromatic ring is 1. The third-order valence-electron chi connectivity index (χ3n) is 3.86. The van der Waals surface area contributed by atoms with Crippen LogP contribution in [-0.2, 0) is 6.54 Å². The number of aliphatic hydroxyl groups is 1. The predicted molar refractivity (Wildman–Crippen MR) is 70.4 cm³/mol. The minimum atomic E-state index is -0.344. The molecule has 0 aromatic carbocycles. The van der Waals surface area contributed by atoms with Crippen molar-refractivity contribution in [3.63, 3.8) is 0 Å². The van der Waals surface area contributed by atoms with E-state index in [1.54, 1.807) is 10.9 Å². The molecular formula is C12H15N5O2. The molecule has 3 rings (SSSR count). The molecule has 4 N–H and O–H groups in total. The topological polar surface area (TPSA) is 110 Å². The van der Waals surface area contributed by atoms with Crippen LogP contribution in [0.25, 0.3) is 11.2 Å². The van der Waals surface area contributed by atoms with Gasteiger partial charge in [-0.05, 0) is 12.3 Å². The zero-order valence-corrected chi connectivity index (χ0v) is 10.3. The Kier molecular flexibility index (Phi) is 2.46. The van der Waals surface area contributed by atoms with Crippen molar-refractivity contribution in [1.29, 1.82) is 0 Å². The summed E-state index contributed by atoms with van der Waals surface area (Å²) in [7, 11) is 0. The van der Waals surface area contributed by atoms with Gasteiger partial charge in [-0.3, -0.25) is 9.78 Å². The molecule has 7 nitrogen and oxygen atoms in total. The van der Waals surface area contributed by atoms with Crippen molar-refractivity contribution in [2.45, 2.75) is 13.0 Å². The van der Waals surface area contributed by atoms with Crippen molar-refractivity contribution < 1.29 is 5.11 Å². The number of anilines is 1. The molecule has 0 aliphatic heterocycles. The van der Waals surface area contributed by atoms with Crippen molar-refractivity contribution in [3.05, 3.63) is 29.3 Å². The van der Waals surface area contributed by atoms with Crippen LogP contribution in [0, 0.1) is 11.3 Å². The maximum absolute atomic E-state index is 11.7. The number of H-pyrrole nitrogens is 1. The van der Waals surface area contributed by atoms with Crippen LogP contribution in [0.15, 0.2) is 23.8 Å². The number of aromatic amines is 1. The van der Waals surface area contributed by atoms with Gasteiger partial charge in [-0.2, -0.15) is 4.98 Å². The summed E-state index contributed by atoms with van der Waals surface area (Å²) >= 11 is 0. The lowest BCUT2D eigenvalue weighted by Crippen LogP contribution is -2.15. The van der Waals surface area contributed by atoms with Gasteiger partial charge in [0, 0.05) is 18.6 Å². The number of aromatic nitrogens is 4. The highest BCUT2D eigenvalue weighted by Crippen LogP contribution is 2.54. The van der Waals surface area contributed by atoms with E-state index in [-0.39, 0.29) is 35.0 Å². The molecule has 1 fully saturated rings. The molecule has 0 saturated heterocycles. The van der Waals surface area contributed by atoms with Crippen molar-refractivity contribution in [1.82, 2.24) is 19.5 Å². The summed E-state index contributed by atoms with van der Waals surface area (Å²) in [5, 5.41) is 9.24. The van der Waals surface area contributed by atoms with Crippen LogP contribution in [0.1, 0.15) is 6.42 Å². The predicted octanol–water partition coefficient (Wildman–Crippen LogP) is -0.114. The zero-order chi connectivity index (χ0) is 13.6. The van der Waals surface area contributed by atoms with Gasteiger partial charge in [-0.25, -0.2) is 4.98 Å². The SMILES string of the molecule is C=C[C@]1(Cn2cnc3c(=O)[nH]c(N)nc32)C[C@@H]1CO. The van der Waals surface area contributed by atoms with E-state index in [4.69, 9.17) is 5.73 Å². The molecule has 2 aromatic heterocycles. The highest BCUT2D eigenvalue weighted by Gasteiger charge is 2.51. The average molecular weight is 261 g/mol. The second kappa shape index (κ2) is 3.92. The molecule has 1 aliphatic carbocycles. The summed E-state index contributed by atoms with van der Waals surface area (Å²) in [4.78, 5) is 22.3. The molecule has 0 spiro atoms. The third kappa shape index (κ3) is 1.74. The van der Waals surface area contributed by atoms with Gasteiger partial charge in [-0.15, -0.1) is 6.58 Å². The summed E-state index contributed by atoms with van der Waals surface area (Å²) in [5.74, 6) is 0.281. The van der Waals surface area contributed by atoms with Crippen molar-refractivity contribution in [2.75, 3.05) is 12.3 Å². The first-order chi connectivity index (χ1) is 9.09. The van der Waals surface area contributed by atoms with Crippen LogP contribution < -0.4 is 11.3 Å². The highest BCUT2D eigenvalue weighted by molar-refractivity contribution is 5.70. The number of nitrogens with two attached hydrogens (primary N) is 1. The van der Waals surface area contributed by atoms with Crippen LogP contribution in [-0.4, -0.2) is 31.2 Å². The molecule has 0 unspecified atom stereocenters. The Balaban J connectivity index is 2.03. The molecule has 1 saturated carbocycles. The first-order valence-electron chi connectivity index (χ1n) is 6.05. The Labute approximate surface area is 108 Å².